The summed E-state index contributed by atoms with van der Waals surface area (Å²) in [5.74, 6) is -2.41. The van der Waals surface area contributed by atoms with Gasteiger partial charge in [-0.1, -0.05) is 55.8 Å². The van der Waals surface area contributed by atoms with Gasteiger partial charge in [-0.05, 0) is 36.6 Å². The van der Waals surface area contributed by atoms with Gasteiger partial charge >= 0.3 is 5.97 Å². The number of rotatable bonds is 12. The molecule has 0 fully saturated rings. The van der Waals surface area contributed by atoms with Crippen LogP contribution in [-0.4, -0.2) is 58.8 Å². The Morgan fingerprint density at radius 3 is 2.29 bits per heavy atom. The van der Waals surface area contributed by atoms with E-state index < -0.39 is 36.0 Å². The van der Waals surface area contributed by atoms with E-state index in [0.29, 0.717) is 5.02 Å². The summed E-state index contributed by atoms with van der Waals surface area (Å²) in [5, 5.41) is 24.4. The molecule has 0 saturated carbocycles. The van der Waals surface area contributed by atoms with Gasteiger partial charge in [0.25, 0.3) is 5.91 Å². The summed E-state index contributed by atoms with van der Waals surface area (Å²) >= 11 is 6.09. The number of nitrogens with one attached hydrogen (secondary N) is 2. The topological polar surface area (TPSA) is 151 Å². The minimum atomic E-state index is -1.54. The number of hydrogen-bond donors (Lipinski definition) is 5. The van der Waals surface area contributed by atoms with Gasteiger partial charge in [0, 0.05) is 17.5 Å². The number of aliphatic hydroxyl groups excluding tert-OH is 1. The molecule has 2 rings (SSSR count). The summed E-state index contributed by atoms with van der Waals surface area (Å²) < 4.78 is 5.77. The van der Waals surface area contributed by atoms with E-state index in [9.17, 15) is 24.6 Å². The first-order valence-electron chi connectivity index (χ1n) is 11.2. The van der Waals surface area contributed by atoms with Gasteiger partial charge in [0.2, 0.25) is 5.91 Å². The number of aliphatic carboxylic acids is 1. The van der Waals surface area contributed by atoms with Crippen LogP contribution in [0.15, 0.2) is 48.5 Å². The van der Waals surface area contributed by atoms with Crippen LogP contribution in [-0.2, 0) is 16.0 Å². The number of ether oxygens (including phenoxy) is 1. The molecule has 10 heteroatoms. The van der Waals surface area contributed by atoms with Crippen LogP contribution >= 0.6 is 11.6 Å². The van der Waals surface area contributed by atoms with Gasteiger partial charge in [-0.2, -0.15) is 0 Å². The molecule has 0 aliphatic heterocycles. The van der Waals surface area contributed by atoms with Crippen molar-refractivity contribution >= 4 is 29.4 Å². The first kappa shape index (κ1) is 28.1. The molecule has 0 aliphatic carbocycles. The standard InChI is InChI=1S/C25H32ClN3O6/c1-14(2)19(27)13-35-21-12-17(26)9-10-18(21)23(31)28-20(11-16-7-5-4-6-8-16)24(32)29-22(15(3)30)25(33)34/h4-10,12,14-15,19-20,22,30H,11,13,27H2,1-3H3,(H,28,31)(H,29,32)(H,33,34)/t15-,19+,20+,22+/m1/s1. The minimum absolute atomic E-state index is 0.0898. The van der Waals surface area contributed by atoms with Gasteiger partial charge in [0.15, 0.2) is 6.04 Å². The van der Waals surface area contributed by atoms with E-state index in [1.54, 1.807) is 24.3 Å². The maximum absolute atomic E-state index is 13.2. The first-order valence-corrected chi connectivity index (χ1v) is 11.6. The van der Waals surface area contributed by atoms with Crippen LogP contribution in [0.3, 0.4) is 0 Å². The van der Waals surface area contributed by atoms with Gasteiger partial charge in [-0.15, -0.1) is 0 Å². The molecule has 0 heterocycles. The van der Waals surface area contributed by atoms with Gasteiger partial charge in [-0.25, -0.2) is 4.79 Å². The average Bonchev–Trinajstić information content (AvgIpc) is 2.80. The third-order valence-corrected chi connectivity index (χ3v) is 5.66. The van der Waals surface area contributed by atoms with E-state index in [0.717, 1.165) is 5.56 Å². The molecule has 35 heavy (non-hydrogen) atoms. The van der Waals surface area contributed by atoms with Crippen LogP contribution in [0.25, 0.3) is 0 Å². The highest BCUT2D eigenvalue weighted by Crippen LogP contribution is 2.24. The molecule has 2 aromatic carbocycles. The Morgan fingerprint density at radius 1 is 1.06 bits per heavy atom. The Labute approximate surface area is 209 Å². The lowest BCUT2D eigenvalue weighted by molar-refractivity contribution is -0.145. The van der Waals surface area contributed by atoms with Crippen molar-refractivity contribution in [3.63, 3.8) is 0 Å². The van der Waals surface area contributed by atoms with Crippen molar-refractivity contribution in [2.45, 2.75) is 51.4 Å². The molecule has 0 radical (unpaired) electrons. The SMILES string of the molecule is CC(C)[C@@H](N)COc1cc(Cl)ccc1C(=O)N[C@@H](Cc1ccccc1)C(=O)N[C@H](C(=O)O)[C@@H](C)O. The highest BCUT2D eigenvalue weighted by molar-refractivity contribution is 6.30. The number of carboxylic acid groups (broad SMARTS) is 1. The number of carboxylic acids is 1. The highest BCUT2D eigenvalue weighted by Gasteiger charge is 2.30. The number of hydrogen-bond acceptors (Lipinski definition) is 6. The Kier molecular flexibility index (Phi) is 10.5. The number of carbonyl (C=O) groups is 3. The quantitative estimate of drug-likeness (QED) is 0.296. The van der Waals surface area contributed by atoms with Crippen molar-refractivity contribution in [1.82, 2.24) is 10.6 Å². The van der Waals surface area contributed by atoms with Crippen molar-refractivity contribution in [1.29, 1.82) is 0 Å². The predicted octanol–water partition coefficient (Wildman–Crippen LogP) is 1.99. The van der Waals surface area contributed by atoms with E-state index >= 15 is 0 Å². The lowest BCUT2D eigenvalue weighted by Crippen LogP contribution is -2.55. The lowest BCUT2D eigenvalue weighted by atomic mass is 10.0. The van der Waals surface area contributed by atoms with Gasteiger partial charge < -0.3 is 31.3 Å². The molecule has 4 atom stereocenters. The smallest absolute Gasteiger partial charge is 0.328 e. The zero-order chi connectivity index (χ0) is 26.1. The normalized spacial score (nSPS) is 14.5. The van der Waals surface area contributed by atoms with Crippen molar-refractivity contribution in [3.8, 4) is 5.75 Å². The molecule has 0 aliphatic rings. The summed E-state index contributed by atoms with van der Waals surface area (Å²) in [7, 11) is 0. The van der Waals surface area contributed by atoms with E-state index in [1.165, 1.54) is 25.1 Å². The van der Waals surface area contributed by atoms with Gasteiger partial charge in [-0.3, -0.25) is 9.59 Å². The van der Waals surface area contributed by atoms with Crippen LogP contribution in [0.5, 0.6) is 5.75 Å². The highest BCUT2D eigenvalue weighted by atomic mass is 35.5. The Bertz CT molecular complexity index is 1020. The maximum atomic E-state index is 13.2. The zero-order valence-electron chi connectivity index (χ0n) is 19.9. The van der Waals surface area contributed by atoms with Gasteiger partial charge in [0.1, 0.15) is 18.4 Å². The maximum Gasteiger partial charge on any atom is 0.328 e. The fourth-order valence-corrected chi connectivity index (χ4v) is 3.28. The van der Waals surface area contributed by atoms with Crippen molar-refractivity contribution < 1.29 is 29.3 Å². The lowest BCUT2D eigenvalue weighted by Gasteiger charge is -2.23. The van der Waals surface area contributed by atoms with E-state index in [4.69, 9.17) is 22.1 Å². The summed E-state index contributed by atoms with van der Waals surface area (Å²) in [5.41, 5.74) is 6.93. The van der Waals surface area contributed by atoms with Crippen molar-refractivity contribution in [2.75, 3.05) is 6.61 Å². The predicted molar refractivity (Wildman–Crippen MR) is 132 cm³/mol. The Hall–Kier alpha value is -3.14. The third-order valence-electron chi connectivity index (χ3n) is 5.43. The number of halogens is 1. The monoisotopic (exact) mass is 505 g/mol. The van der Waals surface area contributed by atoms with Crippen molar-refractivity contribution in [2.24, 2.45) is 11.7 Å². The van der Waals surface area contributed by atoms with E-state index in [-0.39, 0.29) is 36.3 Å². The number of amides is 2. The number of aliphatic hydroxyl groups is 1. The molecular weight excluding hydrogens is 474 g/mol. The molecule has 0 aromatic heterocycles. The van der Waals surface area contributed by atoms with E-state index in [1.807, 2.05) is 19.9 Å². The second-order valence-corrected chi connectivity index (χ2v) is 9.08. The molecule has 6 N–H and O–H groups in total. The second-order valence-electron chi connectivity index (χ2n) is 8.64. The molecule has 2 amide bonds. The van der Waals surface area contributed by atoms with Gasteiger partial charge in [0.05, 0.1) is 11.7 Å². The molecule has 9 nitrogen and oxygen atoms in total. The van der Waals surface area contributed by atoms with Crippen LogP contribution in [0, 0.1) is 5.92 Å². The number of carbonyl (C=O) groups excluding carboxylic acids is 2. The summed E-state index contributed by atoms with van der Waals surface area (Å²) in [6, 6.07) is 10.5. The number of nitrogens with two attached hydrogens (primary N) is 1. The second kappa shape index (κ2) is 13.1. The molecule has 0 spiro atoms. The van der Waals surface area contributed by atoms with Crippen LogP contribution in [0.4, 0.5) is 0 Å². The third kappa shape index (κ3) is 8.54. The van der Waals surface area contributed by atoms with Crippen LogP contribution < -0.4 is 21.1 Å². The Morgan fingerprint density at radius 2 is 1.71 bits per heavy atom. The Balaban J connectivity index is 2.29. The summed E-state index contributed by atoms with van der Waals surface area (Å²) in [4.78, 5) is 37.6. The summed E-state index contributed by atoms with van der Waals surface area (Å²) in [6.07, 6.45) is -1.25. The minimum Gasteiger partial charge on any atom is -0.491 e. The molecule has 0 bridgehead atoms. The zero-order valence-corrected chi connectivity index (χ0v) is 20.7. The summed E-state index contributed by atoms with van der Waals surface area (Å²) in [6.45, 7) is 5.30. The molecule has 0 unspecified atom stereocenters. The molecule has 190 valence electrons. The average molecular weight is 506 g/mol. The fraction of sp³-hybridized carbons (Fsp3) is 0.400. The molecular formula is C25H32ClN3O6. The van der Waals surface area contributed by atoms with Crippen LogP contribution in [0.2, 0.25) is 5.02 Å². The van der Waals surface area contributed by atoms with Crippen molar-refractivity contribution in [3.05, 3.63) is 64.7 Å². The molecule has 0 saturated heterocycles. The van der Waals surface area contributed by atoms with Crippen LogP contribution in [0.1, 0.15) is 36.7 Å². The first-order chi connectivity index (χ1) is 16.5. The fourth-order valence-electron chi connectivity index (χ4n) is 3.12. The largest absolute Gasteiger partial charge is 0.491 e. The number of benzene rings is 2. The van der Waals surface area contributed by atoms with E-state index in [2.05, 4.69) is 10.6 Å². The molecule has 2 aromatic rings.